The molecule has 20 atom stereocenters. The quantitative estimate of drug-likeness (QED) is 0.0327. The number of carbonyl (C=O) groups excluding carboxylic acids is 1. The van der Waals surface area contributed by atoms with Crippen LogP contribution in [0.4, 0.5) is 4.39 Å². The third kappa shape index (κ3) is 26.4. The lowest BCUT2D eigenvalue weighted by atomic mass is 9.91. The topological polar surface area (TPSA) is 192 Å². The Morgan fingerprint density at radius 3 is 0.800 bits per heavy atom. The van der Waals surface area contributed by atoms with E-state index in [0.29, 0.717) is 6.61 Å². The number of halogens is 1. The van der Waals surface area contributed by atoms with E-state index in [0.717, 1.165) is 61.2 Å². The maximum absolute atomic E-state index is 17.7. The maximum Gasteiger partial charge on any atom is 0.303 e. The molecule has 15 rings (SSSR count). The monoisotopic (exact) mass is 1700 g/mol. The maximum atomic E-state index is 17.7. The molecule has 0 radical (unpaired) electrons. The summed E-state index contributed by atoms with van der Waals surface area (Å²) >= 11 is 0. The van der Waals surface area contributed by atoms with Gasteiger partial charge in [0, 0.05) is 12.8 Å². The van der Waals surface area contributed by atoms with Gasteiger partial charge in [-0.15, -0.1) is 0 Å². The van der Waals surface area contributed by atoms with Crippen LogP contribution in [-0.2, 0) is 167 Å². The fraction of sp³-hybridized carbons (Fsp3) is 0.356. The summed E-state index contributed by atoms with van der Waals surface area (Å²) < 4.78 is 153. The van der Waals surface area contributed by atoms with E-state index in [4.69, 9.17) is 90.0 Å². The van der Waals surface area contributed by atoms with Crippen molar-refractivity contribution < 1.29 is 99.2 Å². The summed E-state index contributed by atoms with van der Waals surface area (Å²) in [5, 5.41) is 0. The zero-order valence-corrected chi connectivity index (χ0v) is 70.5. The van der Waals surface area contributed by atoms with E-state index in [2.05, 4.69) is 0 Å². The lowest BCUT2D eigenvalue weighted by molar-refractivity contribution is -0.389. The van der Waals surface area contributed by atoms with E-state index in [1.165, 1.54) is 6.92 Å². The van der Waals surface area contributed by atoms with Crippen molar-refractivity contribution in [2.75, 3.05) is 26.4 Å². The molecule has 654 valence electrons. The molecule has 0 aromatic heterocycles. The summed E-state index contributed by atoms with van der Waals surface area (Å²) in [6, 6.07) is 108. The molecular weight excluding hydrogens is 1590 g/mol. The predicted molar refractivity (Wildman–Crippen MR) is 465 cm³/mol. The SMILES string of the molecule is CC(=O)O[C@@H]1C(OCc2ccccc2)[C@@H](F)OC(CO[C@H]2OC(COCc3ccccc3)[C@@H](OCc3ccccc3)[C@@H](OCc3ccccc3)C2O[C@H]2OC(CO[C@@H]3OC(COCc4ccccc4)[C@@H](OCc4ccccc4)[C@H](OCc4ccccc4)C3C)[C@@H](OCc3ccccc3)[C@H](OCc3ccccc3)C2OCc2ccccc2)[C@H]1OCc1ccccc1. The molecule has 4 saturated heterocycles. The number of hydrogen-bond donors (Lipinski definition) is 0. The Labute approximate surface area is 731 Å². The van der Waals surface area contributed by atoms with Gasteiger partial charge in [-0.25, -0.2) is 4.39 Å². The van der Waals surface area contributed by atoms with Crippen molar-refractivity contribution in [3.05, 3.63) is 395 Å². The van der Waals surface area contributed by atoms with Crippen LogP contribution in [0, 0.1) is 5.92 Å². The molecule has 11 aromatic rings. The summed E-state index contributed by atoms with van der Waals surface area (Å²) in [5.41, 5.74) is 9.64. The highest BCUT2D eigenvalue weighted by atomic mass is 19.1. The Balaban J connectivity index is 0.842. The first-order valence-electron chi connectivity index (χ1n) is 43.1. The first kappa shape index (κ1) is 89.9. The number of rotatable bonds is 44. The van der Waals surface area contributed by atoms with Crippen LogP contribution >= 0.6 is 0 Å². The molecule has 4 aliphatic rings. The van der Waals surface area contributed by atoms with Crippen molar-refractivity contribution in [1.29, 1.82) is 0 Å². The third-order valence-corrected chi connectivity index (χ3v) is 22.5. The lowest BCUT2D eigenvalue weighted by Gasteiger charge is -2.51. The van der Waals surface area contributed by atoms with Crippen molar-refractivity contribution >= 4 is 5.97 Å². The molecule has 0 amide bonds. The minimum absolute atomic E-state index is 0.00645. The van der Waals surface area contributed by atoms with E-state index < -0.39 is 135 Å². The van der Waals surface area contributed by atoms with E-state index in [-0.39, 0.29) is 85.9 Å². The summed E-state index contributed by atoms with van der Waals surface area (Å²) in [4.78, 5) is 13.5. The van der Waals surface area contributed by atoms with E-state index in [1.54, 1.807) is 0 Å². The normalized spacial score (nSPS) is 26.2. The van der Waals surface area contributed by atoms with Gasteiger partial charge >= 0.3 is 5.97 Å². The molecule has 0 N–H and O–H groups in total. The molecule has 21 heteroatoms. The molecule has 8 unspecified atom stereocenters. The summed E-state index contributed by atoms with van der Waals surface area (Å²) in [6.07, 6.45) is -22.5. The Kier molecular flexibility index (Phi) is 34.2. The molecule has 0 spiro atoms. The van der Waals surface area contributed by atoms with Gasteiger partial charge in [0.15, 0.2) is 31.1 Å². The second-order valence-corrected chi connectivity index (χ2v) is 31.7. The minimum atomic E-state index is -2.19. The van der Waals surface area contributed by atoms with Crippen molar-refractivity contribution in [2.45, 2.75) is 203 Å². The van der Waals surface area contributed by atoms with E-state index in [1.807, 2.05) is 341 Å². The van der Waals surface area contributed by atoms with Crippen LogP contribution in [0.3, 0.4) is 0 Å². The van der Waals surface area contributed by atoms with Gasteiger partial charge < -0.3 is 90.0 Å². The number of esters is 1. The van der Waals surface area contributed by atoms with Crippen LogP contribution < -0.4 is 0 Å². The molecule has 11 aromatic carbocycles. The number of alkyl halides is 1. The molecule has 20 nitrogen and oxygen atoms in total. The van der Waals surface area contributed by atoms with Crippen molar-refractivity contribution in [1.82, 2.24) is 0 Å². The molecular formula is C104H111FO20. The second kappa shape index (κ2) is 47.6. The van der Waals surface area contributed by atoms with Crippen LogP contribution in [0.5, 0.6) is 0 Å². The van der Waals surface area contributed by atoms with Gasteiger partial charge in [0.05, 0.1) is 105 Å². The van der Waals surface area contributed by atoms with Gasteiger partial charge in [-0.3, -0.25) is 4.79 Å². The standard InChI is InChI=1S/C104H111FO20/c1-73-90(109-60-77-40-18-5-19-41-77)91(110-61-78-42-20-6-21-43-78)86(69-107-58-75-36-14-3-15-37-75)122-102(73)118-72-89-93(112-63-80-46-24-8-25-47-80)95(114-65-82-50-28-10-29-51-82)99(117-68-85-56-34-13-35-57-85)104(124-89)125-100-96(115-66-83-52-30-11-31-53-83)92(111-62-79-44-22-7-23-45-79)87(70-108-59-76-38-16-4-17-39-76)123-103(100)119-71-88-94(113-64-81-48-26-9-27-49-81)97(120-74(2)106)98(101(105)121-88)116-67-84-54-32-12-33-55-84/h3-57,73,86-104H,58-72H2,1-2H3/t73?,86?,87?,88?,89?,90-,91-,92-,93-,94-,95+,96-,97+,98?,99?,100?,101+,102-,103+,104-/m1/s1. The Bertz CT molecular complexity index is 4830. The fourth-order valence-corrected chi connectivity index (χ4v) is 16.1. The summed E-state index contributed by atoms with van der Waals surface area (Å²) in [5.74, 6) is -1.20. The molecule has 125 heavy (non-hydrogen) atoms. The summed E-state index contributed by atoms with van der Waals surface area (Å²) in [6.45, 7) is 4.00. The van der Waals surface area contributed by atoms with Crippen LogP contribution in [0.1, 0.15) is 75.0 Å². The zero-order valence-electron chi connectivity index (χ0n) is 70.5. The minimum Gasteiger partial charge on any atom is -0.457 e. The van der Waals surface area contributed by atoms with Gasteiger partial charge in [-0.05, 0) is 61.2 Å². The van der Waals surface area contributed by atoms with Gasteiger partial charge in [0.1, 0.15) is 73.2 Å². The average molecular weight is 1700 g/mol. The van der Waals surface area contributed by atoms with Gasteiger partial charge in [0.2, 0.25) is 6.36 Å². The first-order valence-corrected chi connectivity index (χ1v) is 43.1. The highest BCUT2D eigenvalue weighted by Gasteiger charge is 2.57. The summed E-state index contributed by atoms with van der Waals surface area (Å²) in [7, 11) is 0. The number of ether oxygens (including phenoxy) is 19. The predicted octanol–water partition coefficient (Wildman–Crippen LogP) is 17.5. The van der Waals surface area contributed by atoms with Crippen LogP contribution in [0.25, 0.3) is 0 Å². The fourth-order valence-electron chi connectivity index (χ4n) is 16.1. The molecule has 0 bridgehead atoms. The number of carbonyl (C=O) groups is 1. The smallest absolute Gasteiger partial charge is 0.303 e. The van der Waals surface area contributed by atoms with Crippen molar-refractivity contribution in [3.63, 3.8) is 0 Å². The largest absolute Gasteiger partial charge is 0.457 e. The van der Waals surface area contributed by atoms with Crippen LogP contribution in [-0.4, -0.2) is 149 Å². The van der Waals surface area contributed by atoms with Crippen LogP contribution in [0.2, 0.25) is 0 Å². The highest BCUT2D eigenvalue weighted by molar-refractivity contribution is 5.66. The van der Waals surface area contributed by atoms with Crippen molar-refractivity contribution in [3.8, 4) is 0 Å². The number of hydrogen-bond acceptors (Lipinski definition) is 20. The van der Waals surface area contributed by atoms with Gasteiger partial charge in [-0.1, -0.05) is 341 Å². The van der Waals surface area contributed by atoms with Crippen LogP contribution in [0.15, 0.2) is 334 Å². The van der Waals surface area contributed by atoms with Gasteiger partial charge in [-0.2, -0.15) is 0 Å². The zero-order chi connectivity index (χ0) is 85.4. The molecule has 0 aliphatic carbocycles. The second-order valence-electron chi connectivity index (χ2n) is 31.7. The van der Waals surface area contributed by atoms with Gasteiger partial charge in [0.25, 0.3) is 0 Å². The first-order chi connectivity index (χ1) is 61.6. The average Bonchev–Trinajstić information content (AvgIpc) is 0.766. The highest BCUT2D eigenvalue weighted by Crippen LogP contribution is 2.41. The lowest BCUT2D eigenvalue weighted by Crippen LogP contribution is -2.67. The molecule has 4 aliphatic heterocycles. The van der Waals surface area contributed by atoms with E-state index in [9.17, 15) is 4.79 Å². The Hall–Kier alpha value is -9.90. The Morgan fingerprint density at radius 1 is 0.240 bits per heavy atom. The van der Waals surface area contributed by atoms with Crippen molar-refractivity contribution in [2.24, 2.45) is 5.92 Å². The molecule has 0 saturated carbocycles. The van der Waals surface area contributed by atoms with E-state index >= 15 is 4.39 Å². The number of benzene rings is 11. The Morgan fingerprint density at radius 2 is 0.472 bits per heavy atom. The third-order valence-electron chi connectivity index (χ3n) is 22.5. The molecule has 4 heterocycles. The molecule has 4 fully saturated rings.